The maximum absolute atomic E-state index is 11.7. The average Bonchev–Trinajstić information content (AvgIpc) is 2.38. The first-order valence-electron chi connectivity index (χ1n) is 6.83. The van der Waals surface area contributed by atoms with Crippen molar-refractivity contribution in [3.8, 4) is 0 Å². The maximum Gasteiger partial charge on any atom is 0.328 e. The van der Waals surface area contributed by atoms with Crippen LogP contribution in [0.1, 0.15) is 46.0 Å². The number of hydrogen-bond acceptors (Lipinski definition) is 4. The van der Waals surface area contributed by atoms with E-state index in [1.807, 2.05) is 0 Å². The quantitative estimate of drug-likeness (QED) is 0.695. The van der Waals surface area contributed by atoms with E-state index in [1.54, 1.807) is 13.8 Å². The molecule has 2 atom stereocenters. The van der Waals surface area contributed by atoms with Crippen molar-refractivity contribution >= 4 is 11.9 Å². The highest BCUT2D eigenvalue weighted by Gasteiger charge is 2.18. The summed E-state index contributed by atoms with van der Waals surface area (Å²) >= 11 is 0. The zero-order valence-electron chi connectivity index (χ0n) is 11.3. The van der Waals surface area contributed by atoms with Gasteiger partial charge in [0, 0.05) is 12.5 Å². The fourth-order valence-electron chi connectivity index (χ4n) is 2.12. The summed E-state index contributed by atoms with van der Waals surface area (Å²) in [5, 5.41) is 6.06. The van der Waals surface area contributed by atoms with Crippen molar-refractivity contribution in [3.63, 3.8) is 0 Å². The van der Waals surface area contributed by atoms with Gasteiger partial charge in [-0.3, -0.25) is 4.79 Å². The van der Waals surface area contributed by atoms with E-state index in [1.165, 1.54) is 12.8 Å². The molecule has 0 saturated carbocycles. The van der Waals surface area contributed by atoms with Crippen LogP contribution < -0.4 is 10.6 Å². The lowest BCUT2D eigenvalue weighted by molar-refractivity contribution is -0.146. The Labute approximate surface area is 109 Å². The third kappa shape index (κ3) is 5.49. The summed E-state index contributed by atoms with van der Waals surface area (Å²) < 4.78 is 4.83. The second-order valence-electron chi connectivity index (χ2n) is 4.73. The highest BCUT2D eigenvalue weighted by molar-refractivity contribution is 5.84. The second-order valence-corrected chi connectivity index (χ2v) is 4.73. The molecule has 1 fully saturated rings. The molecule has 0 spiro atoms. The fraction of sp³-hybridized carbons (Fsp3) is 0.846. The Morgan fingerprint density at radius 3 is 2.83 bits per heavy atom. The van der Waals surface area contributed by atoms with Crippen molar-refractivity contribution in [1.29, 1.82) is 0 Å². The zero-order valence-corrected chi connectivity index (χ0v) is 11.3. The van der Waals surface area contributed by atoms with Crippen molar-refractivity contribution in [3.05, 3.63) is 0 Å². The Hall–Kier alpha value is -1.10. The van der Waals surface area contributed by atoms with Crippen molar-refractivity contribution in [2.75, 3.05) is 13.2 Å². The van der Waals surface area contributed by atoms with Crippen LogP contribution in [0.5, 0.6) is 0 Å². The first-order valence-corrected chi connectivity index (χ1v) is 6.83. The molecule has 0 aliphatic carbocycles. The van der Waals surface area contributed by atoms with E-state index < -0.39 is 6.04 Å². The van der Waals surface area contributed by atoms with E-state index in [0.717, 1.165) is 19.4 Å². The van der Waals surface area contributed by atoms with E-state index in [9.17, 15) is 9.59 Å². The Kier molecular flexibility index (Phi) is 6.72. The Balaban J connectivity index is 2.18. The van der Waals surface area contributed by atoms with Gasteiger partial charge in [-0.05, 0) is 39.7 Å². The highest BCUT2D eigenvalue weighted by Crippen LogP contribution is 2.11. The minimum absolute atomic E-state index is 0.0806. The largest absolute Gasteiger partial charge is 0.464 e. The molecule has 1 amide bonds. The number of amides is 1. The van der Waals surface area contributed by atoms with Crippen LogP contribution in [0.4, 0.5) is 0 Å². The van der Waals surface area contributed by atoms with E-state index in [0.29, 0.717) is 19.1 Å². The second kappa shape index (κ2) is 8.08. The highest BCUT2D eigenvalue weighted by atomic mass is 16.5. The van der Waals surface area contributed by atoms with E-state index in [2.05, 4.69) is 10.6 Å². The van der Waals surface area contributed by atoms with Crippen LogP contribution in [-0.2, 0) is 14.3 Å². The van der Waals surface area contributed by atoms with Crippen molar-refractivity contribution in [1.82, 2.24) is 10.6 Å². The minimum atomic E-state index is -0.559. The predicted molar refractivity (Wildman–Crippen MR) is 69.1 cm³/mol. The van der Waals surface area contributed by atoms with Crippen LogP contribution in [0.3, 0.4) is 0 Å². The number of ether oxygens (including phenoxy) is 1. The molecule has 0 bridgehead atoms. The summed E-state index contributed by atoms with van der Waals surface area (Å²) in [6.45, 7) is 4.78. The number of esters is 1. The van der Waals surface area contributed by atoms with Crippen molar-refractivity contribution in [2.24, 2.45) is 0 Å². The molecule has 2 N–H and O–H groups in total. The number of piperidine rings is 1. The van der Waals surface area contributed by atoms with Gasteiger partial charge in [0.2, 0.25) is 5.91 Å². The molecule has 0 radical (unpaired) electrons. The first kappa shape index (κ1) is 15.0. The molecule has 1 aliphatic heterocycles. The van der Waals surface area contributed by atoms with E-state index >= 15 is 0 Å². The van der Waals surface area contributed by atoms with Gasteiger partial charge in [-0.2, -0.15) is 0 Å². The molecule has 0 aromatic heterocycles. The van der Waals surface area contributed by atoms with Gasteiger partial charge in [0.15, 0.2) is 0 Å². The average molecular weight is 256 g/mol. The molecule has 1 rings (SSSR count). The Bertz CT molecular complexity index is 275. The predicted octanol–water partition coefficient (Wildman–Crippen LogP) is 0.976. The summed E-state index contributed by atoms with van der Waals surface area (Å²) in [6.07, 6.45) is 4.89. The lowest BCUT2D eigenvalue weighted by Crippen LogP contribution is -2.41. The van der Waals surface area contributed by atoms with Gasteiger partial charge in [-0.1, -0.05) is 6.42 Å². The third-order valence-electron chi connectivity index (χ3n) is 3.15. The summed E-state index contributed by atoms with van der Waals surface area (Å²) in [5.74, 6) is -0.454. The van der Waals surface area contributed by atoms with Crippen LogP contribution in [0.25, 0.3) is 0 Å². The molecule has 0 aromatic carbocycles. The fourth-order valence-corrected chi connectivity index (χ4v) is 2.12. The normalized spacial score (nSPS) is 21.1. The summed E-state index contributed by atoms with van der Waals surface area (Å²) in [7, 11) is 0. The Morgan fingerprint density at radius 2 is 2.22 bits per heavy atom. The van der Waals surface area contributed by atoms with Gasteiger partial charge >= 0.3 is 5.97 Å². The van der Waals surface area contributed by atoms with E-state index in [4.69, 9.17) is 4.74 Å². The summed E-state index contributed by atoms with van der Waals surface area (Å²) in [4.78, 5) is 23.0. The minimum Gasteiger partial charge on any atom is -0.464 e. The molecule has 1 saturated heterocycles. The Morgan fingerprint density at radius 1 is 1.44 bits per heavy atom. The number of carbonyl (C=O) groups excluding carboxylic acids is 2. The number of carbonyl (C=O) groups is 2. The molecule has 1 aliphatic rings. The molecule has 0 aromatic rings. The number of nitrogens with one attached hydrogen (secondary N) is 2. The van der Waals surface area contributed by atoms with Gasteiger partial charge in [-0.25, -0.2) is 4.79 Å². The lowest BCUT2D eigenvalue weighted by Gasteiger charge is -2.23. The van der Waals surface area contributed by atoms with E-state index in [-0.39, 0.29) is 11.9 Å². The van der Waals surface area contributed by atoms with Crippen LogP contribution in [0.15, 0.2) is 0 Å². The molecule has 104 valence electrons. The maximum atomic E-state index is 11.7. The zero-order chi connectivity index (χ0) is 13.4. The molecule has 2 unspecified atom stereocenters. The summed E-state index contributed by atoms with van der Waals surface area (Å²) in [6, 6.07) is -0.112. The number of rotatable bonds is 6. The smallest absolute Gasteiger partial charge is 0.328 e. The van der Waals surface area contributed by atoms with Gasteiger partial charge in [-0.15, -0.1) is 0 Å². The van der Waals surface area contributed by atoms with Crippen LogP contribution in [0.2, 0.25) is 0 Å². The third-order valence-corrected chi connectivity index (χ3v) is 3.15. The topological polar surface area (TPSA) is 67.4 Å². The molecular formula is C13H24N2O3. The molecule has 5 nitrogen and oxygen atoms in total. The first-order chi connectivity index (χ1) is 8.63. The SMILES string of the molecule is CCOC(=O)C(C)NC(=O)CCC1CCCCN1. The number of hydrogen-bond donors (Lipinski definition) is 2. The van der Waals surface area contributed by atoms with Gasteiger partial charge in [0.1, 0.15) is 6.04 Å². The van der Waals surface area contributed by atoms with Crippen LogP contribution in [-0.4, -0.2) is 37.1 Å². The lowest BCUT2D eigenvalue weighted by atomic mass is 10.0. The summed E-state index contributed by atoms with van der Waals surface area (Å²) in [5.41, 5.74) is 0. The molecule has 1 heterocycles. The van der Waals surface area contributed by atoms with Crippen molar-refractivity contribution < 1.29 is 14.3 Å². The molecule has 5 heteroatoms. The standard InChI is InChI=1S/C13H24N2O3/c1-3-18-13(17)10(2)15-12(16)8-7-11-6-4-5-9-14-11/h10-11,14H,3-9H2,1-2H3,(H,15,16). The van der Waals surface area contributed by atoms with Crippen LogP contribution >= 0.6 is 0 Å². The van der Waals surface area contributed by atoms with Crippen LogP contribution in [0, 0.1) is 0 Å². The van der Waals surface area contributed by atoms with Gasteiger partial charge < -0.3 is 15.4 Å². The molecular weight excluding hydrogens is 232 g/mol. The van der Waals surface area contributed by atoms with Gasteiger partial charge in [0.05, 0.1) is 6.61 Å². The monoisotopic (exact) mass is 256 g/mol. The molecule has 18 heavy (non-hydrogen) atoms. The van der Waals surface area contributed by atoms with Crippen molar-refractivity contribution in [2.45, 2.75) is 58.0 Å². The van der Waals surface area contributed by atoms with Gasteiger partial charge in [0.25, 0.3) is 0 Å².